The first-order valence-electron chi connectivity index (χ1n) is 11.0. The highest BCUT2D eigenvalue weighted by Gasteiger charge is 2.48. The summed E-state index contributed by atoms with van der Waals surface area (Å²) in [6, 6.07) is 20.8. The van der Waals surface area contributed by atoms with Crippen molar-refractivity contribution >= 4 is 6.09 Å². The van der Waals surface area contributed by atoms with Gasteiger partial charge in [0.25, 0.3) is 0 Å². The summed E-state index contributed by atoms with van der Waals surface area (Å²) in [6.07, 6.45) is 1.85. The number of rotatable bonds is 3. The molecule has 1 atom stereocenters. The maximum atomic E-state index is 15.2. The Kier molecular flexibility index (Phi) is 5.89. The van der Waals surface area contributed by atoms with Gasteiger partial charge in [-0.25, -0.2) is 9.18 Å². The fourth-order valence-electron chi connectivity index (χ4n) is 4.71. The summed E-state index contributed by atoms with van der Waals surface area (Å²) in [4.78, 5) is 16.6. The number of likely N-dealkylation sites (tertiary alicyclic amines) is 1. The highest BCUT2D eigenvalue weighted by Crippen LogP contribution is 2.45. The lowest BCUT2D eigenvalue weighted by Crippen LogP contribution is -2.48. The molecular formula is C26H31FN2O2. The van der Waals surface area contributed by atoms with E-state index in [9.17, 15) is 4.79 Å². The largest absolute Gasteiger partial charge is 0.444 e. The maximum absolute atomic E-state index is 15.2. The molecule has 2 heterocycles. The van der Waals surface area contributed by atoms with E-state index in [4.69, 9.17) is 4.74 Å². The fraction of sp³-hybridized carbons (Fsp3) is 0.423. The van der Waals surface area contributed by atoms with Gasteiger partial charge in [0, 0.05) is 26.2 Å². The summed E-state index contributed by atoms with van der Waals surface area (Å²) in [5.74, 6) is -0.102. The Labute approximate surface area is 184 Å². The summed E-state index contributed by atoms with van der Waals surface area (Å²) < 4.78 is 20.8. The van der Waals surface area contributed by atoms with Crippen molar-refractivity contribution in [2.24, 2.45) is 5.41 Å². The zero-order valence-corrected chi connectivity index (χ0v) is 18.6. The molecule has 0 aromatic heterocycles. The van der Waals surface area contributed by atoms with Gasteiger partial charge in [0.2, 0.25) is 0 Å². The number of hydrogen-bond acceptors (Lipinski definition) is 3. The van der Waals surface area contributed by atoms with Crippen molar-refractivity contribution in [2.45, 2.75) is 38.8 Å². The normalized spacial score (nSPS) is 22.1. The second kappa shape index (κ2) is 8.46. The van der Waals surface area contributed by atoms with Crippen molar-refractivity contribution in [3.63, 3.8) is 0 Å². The van der Waals surface area contributed by atoms with Crippen molar-refractivity contribution in [2.75, 3.05) is 26.2 Å². The average molecular weight is 423 g/mol. The maximum Gasteiger partial charge on any atom is 0.410 e. The molecule has 1 fully saturated rings. The van der Waals surface area contributed by atoms with Gasteiger partial charge >= 0.3 is 6.09 Å². The molecule has 4 nitrogen and oxygen atoms in total. The van der Waals surface area contributed by atoms with E-state index in [1.54, 1.807) is 11.0 Å². The first-order valence-corrected chi connectivity index (χ1v) is 11.0. The van der Waals surface area contributed by atoms with Crippen molar-refractivity contribution < 1.29 is 13.9 Å². The van der Waals surface area contributed by atoms with E-state index in [2.05, 4.69) is 29.2 Å². The number of ether oxygens (including phenoxy) is 1. The Morgan fingerprint density at radius 3 is 2.13 bits per heavy atom. The molecule has 0 N–H and O–H groups in total. The van der Waals surface area contributed by atoms with Crippen LogP contribution in [-0.4, -0.2) is 47.7 Å². The van der Waals surface area contributed by atoms with Crippen LogP contribution >= 0.6 is 0 Å². The van der Waals surface area contributed by atoms with Crippen molar-refractivity contribution in [1.29, 1.82) is 0 Å². The van der Waals surface area contributed by atoms with E-state index in [1.165, 1.54) is 11.1 Å². The SMILES string of the molecule is CC(C)(C)OC(=O)N1CC=C(F)C2(CCN(C(c3ccccc3)c3ccccc3)C2)C1. The lowest BCUT2D eigenvalue weighted by Gasteiger charge is -2.39. The molecule has 1 saturated heterocycles. The van der Waals surface area contributed by atoms with Crippen LogP contribution in [0, 0.1) is 5.41 Å². The third-order valence-electron chi connectivity index (χ3n) is 6.12. The van der Waals surface area contributed by atoms with Gasteiger partial charge in [0.05, 0.1) is 11.5 Å². The van der Waals surface area contributed by atoms with Gasteiger partial charge in [-0.3, -0.25) is 4.90 Å². The second-order valence-electron chi connectivity index (χ2n) is 9.64. The molecule has 0 bridgehead atoms. The molecule has 2 aliphatic heterocycles. The van der Waals surface area contributed by atoms with Crippen LogP contribution in [0.5, 0.6) is 0 Å². The molecule has 0 saturated carbocycles. The van der Waals surface area contributed by atoms with Gasteiger partial charge in [0.15, 0.2) is 0 Å². The Morgan fingerprint density at radius 1 is 1.00 bits per heavy atom. The number of halogens is 1. The van der Waals surface area contributed by atoms with Crippen LogP contribution in [0.3, 0.4) is 0 Å². The standard InChI is InChI=1S/C26H31FN2O2/c1-25(2,3)31-24(30)29-16-14-22(27)26(19-29)15-17-28(18-26)23(20-10-6-4-7-11-20)21-12-8-5-9-13-21/h4-14,23H,15-19H2,1-3H3. The van der Waals surface area contributed by atoms with Crippen LogP contribution in [0.25, 0.3) is 0 Å². The van der Waals surface area contributed by atoms with E-state index < -0.39 is 11.0 Å². The molecule has 2 aliphatic rings. The Hall–Kier alpha value is -2.66. The van der Waals surface area contributed by atoms with Crippen molar-refractivity contribution in [3.8, 4) is 0 Å². The minimum Gasteiger partial charge on any atom is -0.444 e. The quantitative estimate of drug-likeness (QED) is 0.648. The highest BCUT2D eigenvalue weighted by molar-refractivity contribution is 5.69. The molecule has 4 rings (SSSR count). The predicted octanol–water partition coefficient (Wildman–Crippen LogP) is 5.57. The molecule has 0 aliphatic carbocycles. The zero-order valence-electron chi connectivity index (χ0n) is 18.6. The minimum absolute atomic E-state index is 0.0477. The summed E-state index contributed by atoms with van der Waals surface area (Å²) in [6.45, 7) is 7.47. The van der Waals surface area contributed by atoms with E-state index in [-0.39, 0.29) is 24.5 Å². The fourth-order valence-corrected chi connectivity index (χ4v) is 4.71. The summed E-state index contributed by atoms with van der Waals surface area (Å²) in [7, 11) is 0. The molecule has 31 heavy (non-hydrogen) atoms. The van der Waals surface area contributed by atoms with E-state index >= 15 is 4.39 Å². The second-order valence-corrected chi connectivity index (χ2v) is 9.64. The smallest absolute Gasteiger partial charge is 0.410 e. The van der Waals surface area contributed by atoms with E-state index in [0.29, 0.717) is 19.5 Å². The zero-order chi connectivity index (χ0) is 22.1. The predicted molar refractivity (Wildman–Crippen MR) is 120 cm³/mol. The number of carbonyl (C=O) groups excluding carboxylic acids is 1. The first-order chi connectivity index (χ1) is 14.8. The lowest BCUT2D eigenvalue weighted by atomic mass is 9.82. The topological polar surface area (TPSA) is 32.8 Å². The number of benzene rings is 2. The van der Waals surface area contributed by atoms with E-state index in [0.717, 1.165) is 6.54 Å². The molecule has 0 radical (unpaired) electrons. The monoisotopic (exact) mass is 422 g/mol. The molecule has 2 aromatic rings. The van der Waals surface area contributed by atoms with Gasteiger partial charge in [0.1, 0.15) is 11.4 Å². The number of carbonyl (C=O) groups is 1. The molecule has 1 unspecified atom stereocenters. The van der Waals surface area contributed by atoms with Gasteiger partial charge in [-0.05, 0) is 44.4 Å². The van der Waals surface area contributed by atoms with Gasteiger partial charge < -0.3 is 9.64 Å². The van der Waals surface area contributed by atoms with Crippen LogP contribution in [-0.2, 0) is 4.74 Å². The summed E-state index contributed by atoms with van der Waals surface area (Å²) >= 11 is 0. The van der Waals surface area contributed by atoms with Crippen LogP contribution in [0.15, 0.2) is 72.6 Å². The Morgan fingerprint density at radius 2 is 1.58 bits per heavy atom. The molecule has 164 valence electrons. The Bertz CT molecular complexity index is 899. The third kappa shape index (κ3) is 4.67. The molecule has 2 aromatic carbocycles. The highest BCUT2D eigenvalue weighted by atomic mass is 19.1. The van der Waals surface area contributed by atoms with Crippen LogP contribution in [0.1, 0.15) is 44.4 Å². The molecule has 1 amide bonds. The number of nitrogens with zero attached hydrogens (tertiary/aromatic N) is 2. The lowest BCUT2D eigenvalue weighted by molar-refractivity contribution is 0.0166. The van der Waals surface area contributed by atoms with Gasteiger partial charge in [-0.1, -0.05) is 60.7 Å². The first kappa shape index (κ1) is 21.6. The van der Waals surface area contributed by atoms with Crippen LogP contribution in [0.2, 0.25) is 0 Å². The third-order valence-corrected chi connectivity index (χ3v) is 6.12. The van der Waals surface area contributed by atoms with Gasteiger partial charge in [-0.2, -0.15) is 0 Å². The van der Waals surface area contributed by atoms with Crippen LogP contribution < -0.4 is 0 Å². The molecular weight excluding hydrogens is 391 g/mol. The Balaban J connectivity index is 1.59. The number of amides is 1. The molecule has 5 heteroatoms. The van der Waals surface area contributed by atoms with Crippen molar-refractivity contribution in [1.82, 2.24) is 9.80 Å². The minimum atomic E-state index is -0.684. The molecule has 1 spiro atoms. The van der Waals surface area contributed by atoms with Crippen molar-refractivity contribution in [3.05, 3.63) is 83.7 Å². The average Bonchev–Trinajstić information content (AvgIpc) is 3.15. The van der Waals surface area contributed by atoms with E-state index in [1.807, 2.05) is 57.2 Å². The van der Waals surface area contributed by atoms with Gasteiger partial charge in [-0.15, -0.1) is 0 Å². The summed E-state index contributed by atoms with van der Waals surface area (Å²) in [5.41, 5.74) is 1.12. The summed E-state index contributed by atoms with van der Waals surface area (Å²) in [5, 5.41) is 0. The van der Waals surface area contributed by atoms with Crippen LogP contribution in [0.4, 0.5) is 9.18 Å². The number of hydrogen-bond donors (Lipinski definition) is 0.